The molecule has 3 nitrogen and oxygen atoms in total. The van der Waals surface area contributed by atoms with Gasteiger partial charge in [0.05, 0.1) is 12.6 Å². The predicted octanol–water partition coefficient (Wildman–Crippen LogP) is 3.59. The van der Waals surface area contributed by atoms with Gasteiger partial charge in [-0.15, -0.1) is 6.42 Å². The topological polar surface area (TPSA) is 32.3 Å². The van der Waals surface area contributed by atoms with Crippen LogP contribution in [0.2, 0.25) is 0 Å². The summed E-state index contributed by atoms with van der Waals surface area (Å²) in [5.74, 6) is 2.44. The Morgan fingerprint density at radius 3 is 2.32 bits per heavy atom. The normalized spacial score (nSPS) is 11.3. The van der Waals surface area contributed by atoms with Crippen molar-refractivity contribution in [1.29, 1.82) is 0 Å². The number of carbonyl (C=O) groups is 1. The lowest BCUT2D eigenvalue weighted by atomic mass is 10.1. The summed E-state index contributed by atoms with van der Waals surface area (Å²) < 4.78 is 0. The van der Waals surface area contributed by atoms with E-state index in [2.05, 4.69) is 11.2 Å². The van der Waals surface area contributed by atoms with Crippen LogP contribution in [0.15, 0.2) is 60.7 Å². The number of nitrogens with zero attached hydrogens (tertiary/aromatic N) is 1. The molecule has 0 aromatic heterocycles. The van der Waals surface area contributed by atoms with Crippen LogP contribution in [0.1, 0.15) is 24.1 Å². The minimum Gasteiger partial charge on any atom is -0.327 e. The standard InChI is InChI=1S/C19H20N2O/c1-3-14-20-19(22)21(15-17-10-6-4-7-11-17)16(2)18-12-8-5-9-13-18/h1,4-13,16H,14-15H2,2H3,(H,20,22)/t16-/m0/s1. The van der Waals surface area contributed by atoms with E-state index in [9.17, 15) is 4.79 Å². The molecule has 0 aliphatic carbocycles. The van der Waals surface area contributed by atoms with E-state index in [0.717, 1.165) is 11.1 Å². The van der Waals surface area contributed by atoms with E-state index in [0.29, 0.717) is 6.54 Å². The van der Waals surface area contributed by atoms with E-state index in [1.807, 2.05) is 67.6 Å². The summed E-state index contributed by atoms with van der Waals surface area (Å²) in [6.45, 7) is 2.78. The molecule has 112 valence electrons. The molecule has 3 heteroatoms. The van der Waals surface area contributed by atoms with Crippen LogP contribution < -0.4 is 5.32 Å². The van der Waals surface area contributed by atoms with E-state index in [1.54, 1.807) is 4.90 Å². The summed E-state index contributed by atoms with van der Waals surface area (Å²) in [6, 6.07) is 19.7. The molecule has 0 fully saturated rings. The highest BCUT2D eigenvalue weighted by atomic mass is 16.2. The van der Waals surface area contributed by atoms with Crippen LogP contribution in [0.3, 0.4) is 0 Å². The summed E-state index contributed by atoms with van der Waals surface area (Å²) in [7, 11) is 0. The van der Waals surface area contributed by atoms with E-state index in [4.69, 9.17) is 6.42 Å². The first-order valence-electron chi connectivity index (χ1n) is 7.29. The summed E-state index contributed by atoms with van der Waals surface area (Å²) in [5.41, 5.74) is 2.18. The second-order valence-corrected chi connectivity index (χ2v) is 5.06. The minimum atomic E-state index is -0.154. The van der Waals surface area contributed by atoms with Crippen molar-refractivity contribution in [3.8, 4) is 12.3 Å². The molecule has 0 saturated heterocycles. The molecule has 2 aromatic carbocycles. The highest BCUT2D eigenvalue weighted by Gasteiger charge is 2.21. The van der Waals surface area contributed by atoms with Crippen molar-refractivity contribution in [3.05, 3.63) is 71.8 Å². The maximum absolute atomic E-state index is 12.4. The second-order valence-electron chi connectivity index (χ2n) is 5.06. The van der Waals surface area contributed by atoms with Gasteiger partial charge in [-0.05, 0) is 18.1 Å². The molecule has 1 N–H and O–H groups in total. The SMILES string of the molecule is C#CCNC(=O)N(Cc1ccccc1)[C@@H](C)c1ccccc1. The molecule has 0 aliphatic rings. The Kier molecular flexibility index (Phi) is 5.62. The molecule has 2 rings (SSSR count). The van der Waals surface area contributed by atoms with E-state index < -0.39 is 0 Å². The van der Waals surface area contributed by atoms with Gasteiger partial charge in [0.1, 0.15) is 0 Å². The van der Waals surface area contributed by atoms with Crippen LogP contribution in [0.4, 0.5) is 4.79 Å². The number of hydrogen-bond donors (Lipinski definition) is 1. The molecule has 0 radical (unpaired) electrons. The number of rotatable bonds is 5. The van der Waals surface area contributed by atoms with Crippen molar-refractivity contribution >= 4 is 6.03 Å². The Hall–Kier alpha value is -2.73. The summed E-state index contributed by atoms with van der Waals surface area (Å²) in [5, 5.41) is 2.75. The third kappa shape index (κ3) is 4.13. The van der Waals surface area contributed by atoms with Gasteiger partial charge in [-0.2, -0.15) is 0 Å². The lowest BCUT2D eigenvalue weighted by Gasteiger charge is -2.29. The molecule has 0 aliphatic heterocycles. The van der Waals surface area contributed by atoms with Crippen molar-refractivity contribution in [2.24, 2.45) is 0 Å². The maximum atomic E-state index is 12.4. The fourth-order valence-electron chi connectivity index (χ4n) is 2.30. The van der Waals surface area contributed by atoms with Crippen LogP contribution in [0.5, 0.6) is 0 Å². The van der Waals surface area contributed by atoms with Crippen LogP contribution >= 0.6 is 0 Å². The minimum absolute atomic E-state index is 0.0424. The summed E-state index contributed by atoms with van der Waals surface area (Å²) in [4.78, 5) is 14.2. The van der Waals surface area contributed by atoms with Gasteiger partial charge in [0, 0.05) is 6.54 Å². The molecule has 0 unspecified atom stereocenters. The molecule has 0 saturated carbocycles. The Bertz CT molecular complexity index is 631. The summed E-state index contributed by atoms with van der Waals surface area (Å²) in [6.07, 6.45) is 5.23. The van der Waals surface area contributed by atoms with Gasteiger partial charge in [0.25, 0.3) is 0 Å². The third-order valence-electron chi connectivity index (χ3n) is 3.55. The maximum Gasteiger partial charge on any atom is 0.318 e. The number of hydrogen-bond acceptors (Lipinski definition) is 1. The Balaban J connectivity index is 2.21. The predicted molar refractivity (Wildman–Crippen MR) is 89.1 cm³/mol. The fraction of sp³-hybridized carbons (Fsp3) is 0.211. The lowest BCUT2D eigenvalue weighted by Crippen LogP contribution is -2.41. The van der Waals surface area contributed by atoms with Gasteiger partial charge >= 0.3 is 6.03 Å². The molecule has 22 heavy (non-hydrogen) atoms. The van der Waals surface area contributed by atoms with Crippen LogP contribution in [0.25, 0.3) is 0 Å². The smallest absolute Gasteiger partial charge is 0.318 e. The quantitative estimate of drug-likeness (QED) is 0.839. The first kappa shape index (κ1) is 15.7. The van der Waals surface area contributed by atoms with Gasteiger partial charge in [0.2, 0.25) is 0 Å². The number of urea groups is 1. The van der Waals surface area contributed by atoms with E-state index in [-0.39, 0.29) is 18.6 Å². The van der Waals surface area contributed by atoms with E-state index in [1.165, 1.54) is 0 Å². The molecule has 2 aromatic rings. The molecular weight excluding hydrogens is 272 g/mol. The van der Waals surface area contributed by atoms with E-state index >= 15 is 0 Å². The molecule has 1 atom stereocenters. The van der Waals surface area contributed by atoms with Crippen molar-refractivity contribution in [1.82, 2.24) is 10.2 Å². The zero-order chi connectivity index (χ0) is 15.8. The zero-order valence-electron chi connectivity index (χ0n) is 12.7. The Morgan fingerprint density at radius 1 is 1.14 bits per heavy atom. The number of carbonyl (C=O) groups excluding carboxylic acids is 1. The first-order valence-corrected chi connectivity index (χ1v) is 7.29. The number of amides is 2. The second kappa shape index (κ2) is 7.90. The van der Waals surface area contributed by atoms with Crippen molar-refractivity contribution < 1.29 is 4.79 Å². The average Bonchev–Trinajstić information content (AvgIpc) is 2.58. The molecule has 0 spiro atoms. The number of benzene rings is 2. The Morgan fingerprint density at radius 2 is 1.73 bits per heavy atom. The Labute approximate surface area is 132 Å². The lowest BCUT2D eigenvalue weighted by molar-refractivity contribution is 0.176. The third-order valence-corrected chi connectivity index (χ3v) is 3.55. The van der Waals surface area contributed by atoms with Crippen LogP contribution in [0, 0.1) is 12.3 Å². The largest absolute Gasteiger partial charge is 0.327 e. The molecule has 0 heterocycles. The monoisotopic (exact) mass is 292 g/mol. The number of nitrogens with one attached hydrogen (secondary N) is 1. The van der Waals surface area contributed by atoms with Gasteiger partial charge in [0.15, 0.2) is 0 Å². The molecular formula is C19H20N2O. The number of terminal acetylenes is 1. The molecule has 2 amide bonds. The van der Waals surface area contributed by atoms with Crippen molar-refractivity contribution in [3.63, 3.8) is 0 Å². The fourth-order valence-corrected chi connectivity index (χ4v) is 2.30. The van der Waals surface area contributed by atoms with Crippen molar-refractivity contribution in [2.75, 3.05) is 6.54 Å². The van der Waals surface area contributed by atoms with Gasteiger partial charge in [-0.25, -0.2) is 4.79 Å². The zero-order valence-corrected chi connectivity index (χ0v) is 12.7. The van der Waals surface area contributed by atoms with Crippen LogP contribution in [-0.4, -0.2) is 17.5 Å². The van der Waals surface area contributed by atoms with Crippen molar-refractivity contribution in [2.45, 2.75) is 19.5 Å². The van der Waals surface area contributed by atoms with Gasteiger partial charge in [-0.3, -0.25) is 0 Å². The average molecular weight is 292 g/mol. The summed E-state index contributed by atoms with van der Waals surface area (Å²) >= 11 is 0. The highest BCUT2D eigenvalue weighted by molar-refractivity contribution is 5.75. The van der Waals surface area contributed by atoms with Crippen LogP contribution in [-0.2, 0) is 6.54 Å². The molecule has 0 bridgehead atoms. The highest BCUT2D eigenvalue weighted by Crippen LogP contribution is 2.22. The van der Waals surface area contributed by atoms with Gasteiger partial charge < -0.3 is 10.2 Å². The van der Waals surface area contributed by atoms with Gasteiger partial charge in [-0.1, -0.05) is 66.6 Å². The first-order chi connectivity index (χ1) is 10.7.